The molecule has 4 nitrogen and oxygen atoms in total. The Bertz CT molecular complexity index is 342. The van der Waals surface area contributed by atoms with Crippen LogP contribution in [-0.2, 0) is 6.54 Å². The van der Waals surface area contributed by atoms with Gasteiger partial charge in [-0.05, 0) is 18.7 Å². The lowest BCUT2D eigenvalue weighted by atomic mass is 10.2. The van der Waals surface area contributed by atoms with Crippen molar-refractivity contribution in [3.8, 4) is 0 Å². The SMILES string of the molecule is CN1CCN(Cc2ccc(C=O)nc2)CC1. The Labute approximate surface area is 95.9 Å². The molecule has 2 rings (SSSR count). The smallest absolute Gasteiger partial charge is 0.168 e. The molecule has 0 unspecified atom stereocenters. The predicted molar refractivity (Wildman–Crippen MR) is 62.4 cm³/mol. The van der Waals surface area contributed by atoms with E-state index in [0.717, 1.165) is 39.0 Å². The number of pyridine rings is 1. The highest BCUT2D eigenvalue weighted by Gasteiger charge is 2.13. The van der Waals surface area contributed by atoms with Gasteiger partial charge in [-0.2, -0.15) is 0 Å². The zero-order chi connectivity index (χ0) is 11.4. The molecular weight excluding hydrogens is 202 g/mol. The van der Waals surface area contributed by atoms with E-state index in [-0.39, 0.29) is 0 Å². The molecule has 1 aromatic rings. The molecule has 0 atom stereocenters. The van der Waals surface area contributed by atoms with Crippen molar-refractivity contribution in [1.29, 1.82) is 0 Å². The van der Waals surface area contributed by atoms with Gasteiger partial charge in [0.15, 0.2) is 6.29 Å². The Morgan fingerprint density at radius 2 is 2.06 bits per heavy atom. The summed E-state index contributed by atoms with van der Waals surface area (Å²) >= 11 is 0. The Balaban J connectivity index is 1.91. The number of likely N-dealkylation sites (N-methyl/N-ethyl adjacent to an activating group) is 1. The van der Waals surface area contributed by atoms with Crippen molar-refractivity contribution in [2.24, 2.45) is 0 Å². The van der Waals surface area contributed by atoms with Gasteiger partial charge in [-0.15, -0.1) is 0 Å². The Morgan fingerprint density at radius 3 is 2.62 bits per heavy atom. The van der Waals surface area contributed by atoms with Gasteiger partial charge in [0.2, 0.25) is 0 Å². The van der Waals surface area contributed by atoms with E-state index in [0.29, 0.717) is 5.69 Å². The number of carbonyl (C=O) groups excluding carboxylic acids is 1. The molecule has 0 saturated carbocycles. The first-order valence-electron chi connectivity index (χ1n) is 5.59. The summed E-state index contributed by atoms with van der Waals surface area (Å²) in [7, 11) is 2.15. The highest BCUT2D eigenvalue weighted by Crippen LogP contribution is 2.06. The Morgan fingerprint density at radius 1 is 1.31 bits per heavy atom. The molecule has 0 N–H and O–H groups in total. The normalized spacial score (nSPS) is 18.6. The van der Waals surface area contributed by atoms with Gasteiger partial charge in [0.05, 0.1) is 0 Å². The van der Waals surface area contributed by atoms with Crippen LogP contribution >= 0.6 is 0 Å². The van der Waals surface area contributed by atoms with Gasteiger partial charge in [-0.3, -0.25) is 14.7 Å². The molecule has 0 amide bonds. The van der Waals surface area contributed by atoms with Gasteiger partial charge >= 0.3 is 0 Å². The van der Waals surface area contributed by atoms with E-state index in [9.17, 15) is 4.79 Å². The van der Waals surface area contributed by atoms with Gasteiger partial charge in [-0.1, -0.05) is 6.07 Å². The number of hydrogen-bond donors (Lipinski definition) is 0. The molecule has 1 aromatic heterocycles. The van der Waals surface area contributed by atoms with Crippen molar-refractivity contribution >= 4 is 6.29 Å². The van der Waals surface area contributed by atoms with Crippen LogP contribution in [-0.4, -0.2) is 54.3 Å². The minimum atomic E-state index is 0.502. The number of aldehydes is 1. The van der Waals surface area contributed by atoms with Crippen molar-refractivity contribution in [3.63, 3.8) is 0 Å². The third-order valence-corrected chi connectivity index (χ3v) is 2.97. The molecule has 0 spiro atoms. The number of carbonyl (C=O) groups is 1. The predicted octanol–water partition coefficient (Wildman–Crippen LogP) is 0.641. The maximum atomic E-state index is 10.5. The number of piperazine rings is 1. The number of hydrogen-bond acceptors (Lipinski definition) is 4. The van der Waals surface area contributed by atoms with Crippen LogP contribution in [0.2, 0.25) is 0 Å². The lowest BCUT2D eigenvalue weighted by Gasteiger charge is -2.32. The molecular formula is C12H17N3O. The summed E-state index contributed by atoms with van der Waals surface area (Å²) in [5, 5.41) is 0. The van der Waals surface area contributed by atoms with E-state index in [2.05, 4.69) is 21.8 Å². The third kappa shape index (κ3) is 2.87. The first-order valence-corrected chi connectivity index (χ1v) is 5.59. The van der Waals surface area contributed by atoms with E-state index < -0.39 is 0 Å². The highest BCUT2D eigenvalue weighted by molar-refractivity contribution is 5.71. The van der Waals surface area contributed by atoms with Crippen LogP contribution < -0.4 is 0 Å². The number of aromatic nitrogens is 1. The second-order valence-electron chi connectivity index (χ2n) is 4.29. The van der Waals surface area contributed by atoms with Crippen molar-refractivity contribution in [2.75, 3.05) is 33.2 Å². The quantitative estimate of drug-likeness (QED) is 0.699. The summed E-state index contributed by atoms with van der Waals surface area (Å²) in [5.74, 6) is 0. The van der Waals surface area contributed by atoms with E-state index in [1.165, 1.54) is 5.56 Å². The maximum absolute atomic E-state index is 10.5. The van der Waals surface area contributed by atoms with Gasteiger partial charge < -0.3 is 4.90 Å². The van der Waals surface area contributed by atoms with Crippen molar-refractivity contribution < 1.29 is 4.79 Å². The van der Waals surface area contributed by atoms with Crippen molar-refractivity contribution in [2.45, 2.75) is 6.54 Å². The van der Waals surface area contributed by atoms with Gasteiger partial charge in [0.25, 0.3) is 0 Å². The van der Waals surface area contributed by atoms with E-state index >= 15 is 0 Å². The summed E-state index contributed by atoms with van der Waals surface area (Å²) in [6, 6.07) is 3.76. The fourth-order valence-corrected chi connectivity index (χ4v) is 1.86. The average Bonchev–Trinajstić information content (AvgIpc) is 2.33. The largest absolute Gasteiger partial charge is 0.304 e. The molecule has 0 bridgehead atoms. The number of rotatable bonds is 3. The fourth-order valence-electron chi connectivity index (χ4n) is 1.86. The van der Waals surface area contributed by atoms with Crippen LogP contribution in [0, 0.1) is 0 Å². The summed E-state index contributed by atoms with van der Waals surface area (Å²) in [6.45, 7) is 5.39. The highest BCUT2D eigenvalue weighted by atomic mass is 16.1. The van der Waals surface area contributed by atoms with E-state index in [1.807, 2.05) is 6.07 Å². The minimum Gasteiger partial charge on any atom is -0.304 e. The topological polar surface area (TPSA) is 36.4 Å². The monoisotopic (exact) mass is 219 g/mol. The van der Waals surface area contributed by atoms with Crippen LogP contribution in [0.25, 0.3) is 0 Å². The third-order valence-electron chi connectivity index (χ3n) is 2.97. The molecule has 1 saturated heterocycles. The van der Waals surface area contributed by atoms with Crippen molar-refractivity contribution in [1.82, 2.24) is 14.8 Å². The van der Waals surface area contributed by atoms with E-state index in [1.54, 1.807) is 12.3 Å². The molecule has 0 aromatic carbocycles. The van der Waals surface area contributed by atoms with Crippen LogP contribution in [0.5, 0.6) is 0 Å². The molecule has 0 radical (unpaired) electrons. The van der Waals surface area contributed by atoms with Crippen LogP contribution in [0.3, 0.4) is 0 Å². The van der Waals surface area contributed by atoms with Crippen LogP contribution in [0.1, 0.15) is 16.1 Å². The molecule has 0 aliphatic carbocycles. The molecule has 1 aliphatic heterocycles. The maximum Gasteiger partial charge on any atom is 0.168 e. The second kappa shape index (κ2) is 5.18. The number of nitrogens with zero attached hydrogens (tertiary/aromatic N) is 3. The van der Waals surface area contributed by atoms with Crippen LogP contribution in [0.15, 0.2) is 18.3 Å². The van der Waals surface area contributed by atoms with Gasteiger partial charge in [-0.25, -0.2) is 0 Å². The van der Waals surface area contributed by atoms with Crippen LogP contribution in [0.4, 0.5) is 0 Å². The standard InChI is InChI=1S/C12H17N3O/c1-14-4-6-15(7-5-14)9-11-2-3-12(10-16)13-8-11/h2-3,8,10H,4-7,9H2,1H3. The molecule has 86 valence electrons. The summed E-state index contributed by atoms with van der Waals surface area (Å²) in [6.07, 6.45) is 2.57. The zero-order valence-corrected chi connectivity index (χ0v) is 9.59. The zero-order valence-electron chi connectivity index (χ0n) is 9.59. The minimum absolute atomic E-state index is 0.502. The fraction of sp³-hybridized carbons (Fsp3) is 0.500. The lowest BCUT2D eigenvalue weighted by molar-refractivity contribution is 0.111. The van der Waals surface area contributed by atoms with Crippen molar-refractivity contribution in [3.05, 3.63) is 29.6 Å². The van der Waals surface area contributed by atoms with Gasteiger partial charge in [0.1, 0.15) is 5.69 Å². The lowest BCUT2D eigenvalue weighted by Crippen LogP contribution is -2.43. The molecule has 4 heteroatoms. The first-order chi connectivity index (χ1) is 7.78. The average molecular weight is 219 g/mol. The Kier molecular flexibility index (Phi) is 3.64. The second-order valence-corrected chi connectivity index (χ2v) is 4.29. The summed E-state index contributed by atoms with van der Waals surface area (Å²) < 4.78 is 0. The summed E-state index contributed by atoms with van der Waals surface area (Å²) in [5.41, 5.74) is 1.68. The molecule has 1 aliphatic rings. The van der Waals surface area contributed by atoms with Gasteiger partial charge in [0, 0.05) is 38.9 Å². The molecule has 16 heavy (non-hydrogen) atoms. The Hall–Kier alpha value is -1.26. The molecule has 2 heterocycles. The summed E-state index contributed by atoms with van der Waals surface area (Å²) in [4.78, 5) is 19.3. The molecule has 1 fully saturated rings. The first kappa shape index (κ1) is 11.2. The van der Waals surface area contributed by atoms with E-state index in [4.69, 9.17) is 0 Å².